The molecule has 8 heteroatoms. The molecular weight excluding hydrogens is 290 g/mol. The number of thiazole rings is 1. The molecular formula is C13H13N5O2S. The van der Waals surface area contributed by atoms with E-state index in [2.05, 4.69) is 19.9 Å². The second-order valence-corrected chi connectivity index (χ2v) is 5.95. The molecule has 7 nitrogen and oxygen atoms in total. The summed E-state index contributed by atoms with van der Waals surface area (Å²) in [5, 5.41) is 1.30. The van der Waals surface area contributed by atoms with Crippen molar-refractivity contribution in [2.45, 2.75) is 26.8 Å². The Kier molecular flexibility index (Phi) is 3.38. The van der Waals surface area contributed by atoms with Crippen LogP contribution in [-0.2, 0) is 13.0 Å². The molecule has 0 bridgehead atoms. The lowest BCUT2D eigenvalue weighted by atomic mass is 10.3. The van der Waals surface area contributed by atoms with E-state index >= 15 is 0 Å². The van der Waals surface area contributed by atoms with E-state index in [0.29, 0.717) is 18.4 Å². The Morgan fingerprint density at radius 1 is 1.33 bits per heavy atom. The third-order valence-electron chi connectivity index (χ3n) is 3.22. The summed E-state index contributed by atoms with van der Waals surface area (Å²) in [6.45, 7) is 4.18. The molecule has 0 aliphatic rings. The minimum atomic E-state index is -0.454. The minimum Gasteiger partial charge on any atom is -0.291 e. The Morgan fingerprint density at radius 2 is 2.14 bits per heavy atom. The van der Waals surface area contributed by atoms with Crippen molar-refractivity contribution < 1.29 is 0 Å². The first-order chi connectivity index (χ1) is 10.1. The first kappa shape index (κ1) is 13.6. The van der Waals surface area contributed by atoms with Crippen LogP contribution in [0.5, 0.6) is 0 Å². The molecule has 0 radical (unpaired) electrons. The summed E-state index contributed by atoms with van der Waals surface area (Å²) < 4.78 is 1.18. The summed E-state index contributed by atoms with van der Waals surface area (Å²) in [6, 6.07) is 0. The van der Waals surface area contributed by atoms with Gasteiger partial charge >= 0.3 is 5.69 Å². The number of nitrogens with zero attached hydrogens (tertiary/aromatic N) is 4. The molecule has 108 valence electrons. The molecule has 3 aromatic rings. The number of rotatable bonds is 3. The molecule has 0 atom stereocenters. The van der Waals surface area contributed by atoms with Gasteiger partial charge in [0.1, 0.15) is 17.4 Å². The Morgan fingerprint density at radius 3 is 2.86 bits per heavy atom. The lowest BCUT2D eigenvalue weighted by Crippen LogP contribution is -2.35. The zero-order chi connectivity index (χ0) is 15.0. The highest BCUT2D eigenvalue weighted by atomic mass is 32.1. The fourth-order valence-electron chi connectivity index (χ4n) is 2.21. The van der Waals surface area contributed by atoms with Crippen molar-refractivity contribution in [3.05, 3.63) is 48.9 Å². The molecule has 0 spiro atoms. The van der Waals surface area contributed by atoms with Crippen LogP contribution >= 0.6 is 11.3 Å². The minimum absolute atomic E-state index is 0.265. The number of aromatic amines is 1. The van der Waals surface area contributed by atoms with E-state index in [1.54, 1.807) is 11.3 Å². The van der Waals surface area contributed by atoms with Gasteiger partial charge in [-0.1, -0.05) is 0 Å². The summed E-state index contributed by atoms with van der Waals surface area (Å²) in [5.41, 5.74) is 0.394. The molecule has 1 N–H and O–H groups in total. The highest BCUT2D eigenvalue weighted by Gasteiger charge is 2.10. The summed E-state index contributed by atoms with van der Waals surface area (Å²) >= 11 is 1.59. The number of aromatic nitrogens is 5. The van der Waals surface area contributed by atoms with Crippen molar-refractivity contribution in [2.75, 3.05) is 0 Å². The first-order valence-electron chi connectivity index (χ1n) is 6.42. The molecule has 0 saturated carbocycles. The van der Waals surface area contributed by atoms with Crippen molar-refractivity contribution in [1.29, 1.82) is 0 Å². The lowest BCUT2D eigenvalue weighted by Gasteiger charge is -2.05. The van der Waals surface area contributed by atoms with Crippen molar-refractivity contribution in [3.63, 3.8) is 0 Å². The van der Waals surface area contributed by atoms with Crippen LogP contribution in [0.3, 0.4) is 0 Å². The Bertz CT molecular complexity index is 924. The average Bonchev–Trinajstić information content (AvgIpc) is 2.77. The van der Waals surface area contributed by atoms with E-state index < -0.39 is 5.69 Å². The monoisotopic (exact) mass is 303 g/mol. The number of hydrogen-bond donors (Lipinski definition) is 1. The van der Waals surface area contributed by atoms with Gasteiger partial charge in [0.2, 0.25) is 0 Å². The molecule has 21 heavy (non-hydrogen) atoms. The summed E-state index contributed by atoms with van der Waals surface area (Å²) in [6.07, 6.45) is 3.31. The predicted molar refractivity (Wildman–Crippen MR) is 79.7 cm³/mol. The van der Waals surface area contributed by atoms with Crippen LogP contribution in [-0.4, -0.2) is 24.5 Å². The quantitative estimate of drug-likeness (QED) is 0.772. The van der Waals surface area contributed by atoms with Crippen LogP contribution in [0.1, 0.15) is 15.6 Å². The lowest BCUT2D eigenvalue weighted by molar-refractivity contribution is 0.637. The van der Waals surface area contributed by atoms with Crippen molar-refractivity contribution in [2.24, 2.45) is 0 Å². The zero-order valence-corrected chi connectivity index (χ0v) is 12.4. The average molecular weight is 303 g/mol. The molecule has 0 saturated heterocycles. The van der Waals surface area contributed by atoms with Gasteiger partial charge in [0.05, 0.1) is 10.7 Å². The van der Waals surface area contributed by atoms with Crippen molar-refractivity contribution >= 4 is 22.4 Å². The van der Waals surface area contributed by atoms with Gasteiger partial charge in [0.15, 0.2) is 0 Å². The Balaban J connectivity index is 1.99. The largest absolute Gasteiger partial charge is 0.330 e. The van der Waals surface area contributed by atoms with E-state index in [9.17, 15) is 9.59 Å². The van der Waals surface area contributed by atoms with Crippen LogP contribution in [0.4, 0.5) is 0 Å². The van der Waals surface area contributed by atoms with E-state index in [-0.39, 0.29) is 11.2 Å². The smallest absolute Gasteiger partial charge is 0.291 e. The molecule has 3 aromatic heterocycles. The first-order valence-corrected chi connectivity index (χ1v) is 7.23. The molecule has 0 amide bonds. The molecule has 0 aromatic carbocycles. The number of fused-ring (bicyclic) bond motifs is 1. The van der Waals surface area contributed by atoms with Gasteiger partial charge in [-0.15, -0.1) is 11.3 Å². The van der Waals surface area contributed by atoms with Gasteiger partial charge in [-0.2, -0.15) is 0 Å². The van der Waals surface area contributed by atoms with Gasteiger partial charge in [0, 0.05) is 24.0 Å². The predicted octanol–water partition coefficient (Wildman–Crippen LogP) is 0.796. The molecule has 0 unspecified atom stereocenters. The van der Waals surface area contributed by atoms with Gasteiger partial charge < -0.3 is 0 Å². The van der Waals surface area contributed by atoms with Crippen LogP contribution in [0.2, 0.25) is 0 Å². The van der Waals surface area contributed by atoms with Crippen LogP contribution in [0, 0.1) is 13.8 Å². The highest BCUT2D eigenvalue weighted by molar-refractivity contribution is 7.11. The normalized spacial score (nSPS) is 11.1. The summed E-state index contributed by atoms with van der Waals surface area (Å²) in [7, 11) is 0. The van der Waals surface area contributed by atoms with Crippen LogP contribution in [0.25, 0.3) is 11.0 Å². The van der Waals surface area contributed by atoms with E-state index in [1.165, 1.54) is 17.1 Å². The maximum atomic E-state index is 12.3. The van der Waals surface area contributed by atoms with E-state index in [4.69, 9.17) is 0 Å². The van der Waals surface area contributed by atoms with Gasteiger partial charge in [-0.3, -0.25) is 14.3 Å². The molecule has 0 aliphatic heterocycles. The third kappa shape index (κ3) is 2.49. The van der Waals surface area contributed by atoms with Crippen molar-refractivity contribution in [1.82, 2.24) is 24.5 Å². The summed E-state index contributed by atoms with van der Waals surface area (Å²) in [4.78, 5) is 40.1. The maximum absolute atomic E-state index is 12.3. The molecule has 0 aliphatic carbocycles. The number of hydrogen-bond acceptors (Lipinski definition) is 6. The van der Waals surface area contributed by atoms with E-state index in [1.807, 2.05) is 13.8 Å². The molecule has 3 rings (SSSR count). The Labute approximate surface area is 123 Å². The standard InChI is InChI=1S/C13H13N5O2S/c1-7-10(21-8(2)16-7)3-4-18-12(19)9-5-14-6-15-11(9)17-13(18)20/h5-6H,3-4H2,1-2H3,(H,14,15,17,20). The number of H-pyrrole nitrogens is 1. The highest BCUT2D eigenvalue weighted by Crippen LogP contribution is 2.17. The van der Waals surface area contributed by atoms with Gasteiger partial charge in [-0.25, -0.2) is 19.7 Å². The Hall–Kier alpha value is -2.35. The number of nitrogens with one attached hydrogen (secondary N) is 1. The second-order valence-electron chi connectivity index (χ2n) is 4.66. The van der Waals surface area contributed by atoms with Crippen LogP contribution in [0.15, 0.2) is 22.1 Å². The third-order valence-corrected chi connectivity index (χ3v) is 4.35. The SMILES string of the molecule is Cc1nc(C)c(CCn2c(=O)[nH]c3ncncc3c2=O)s1. The van der Waals surface area contributed by atoms with Crippen molar-refractivity contribution in [3.8, 4) is 0 Å². The number of aryl methyl sites for hydroxylation is 3. The maximum Gasteiger partial charge on any atom is 0.330 e. The van der Waals surface area contributed by atoms with E-state index in [0.717, 1.165) is 15.6 Å². The molecule has 3 heterocycles. The fraction of sp³-hybridized carbons (Fsp3) is 0.308. The second kappa shape index (κ2) is 5.21. The zero-order valence-electron chi connectivity index (χ0n) is 11.6. The van der Waals surface area contributed by atoms with Crippen LogP contribution < -0.4 is 11.2 Å². The molecule has 0 fully saturated rings. The fourth-order valence-corrected chi connectivity index (χ4v) is 3.14. The van der Waals surface area contributed by atoms with Gasteiger partial charge in [-0.05, 0) is 13.8 Å². The van der Waals surface area contributed by atoms with Gasteiger partial charge in [0.25, 0.3) is 5.56 Å². The summed E-state index contributed by atoms with van der Waals surface area (Å²) in [5.74, 6) is 0. The topological polar surface area (TPSA) is 93.5 Å².